The Hall–Kier alpha value is -0.900. The van der Waals surface area contributed by atoms with E-state index in [-0.39, 0.29) is 17.9 Å². The number of aliphatic hydroxyl groups excluding tert-OH is 1. The van der Waals surface area contributed by atoms with Crippen LogP contribution < -0.4 is 0 Å². The number of hydrogen-bond donors (Lipinski definition) is 1. The summed E-state index contributed by atoms with van der Waals surface area (Å²) < 4.78 is 0. The molecule has 1 saturated heterocycles. The molecule has 1 aliphatic heterocycles. The number of likely N-dealkylation sites (tertiary alicyclic amines) is 1. The summed E-state index contributed by atoms with van der Waals surface area (Å²) in [6.07, 6.45) is 2.98. The maximum Gasteiger partial charge on any atom is 0.229 e. The van der Waals surface area contributed by atoms with Crippen LogP contribution in [0.1, 0.15) is 32.1 Å². The van der Waals surface area contributed by atoms with Gasteiger partial charge in [-0.25, -0.2) is 0 Å². The third kappa shape index (κ3) is 1.80. The molecule has 0 spiro atoms. The first kappa shape index (κ1) is 9.65. The summed E-state index contributed by atoms with van der Waals surface area (Å²) in [6.45, 7) is 0.523. The van der Waals surface area contributed by atoms with Gasteiger partial charge in [0.2, 0.25) is 11.8 Å². The van der Waals surface area contributed by atoms with E-state index in [1.165, 1.54) is 4.90 Å². The summed E-state index contributed by atoms with van der Waals surface area (Å²) in [5, 5.41) is 9.32. The molecule has 0 bridgehead atoms. The minimum absolute atomic E-state index is 0.0450. The molecule has 4 nitrogen and oxygen atoms in total. The molecule has 4 heteroatoms. The lowest BCUT2D eigenvalue weighted by atomic mass is 10.1. The fraction of sp³-hybridized carbons (Fsp3) is 0.800. The Balaban J connectivity index is 1.90. The van der Waals surface area contributed by atoms with Crippen molar-refractivity contribution in [2.75, 3.05) is 6.54 Å². The second kappa shape index (κ2) is 3.69. The molecule has 0 radical (unpaired) electrons. The summed E-state index contributed by atoms with van der Waals surface area (Å²) in [7, 11) is 0. The zero-order valence-corrected chi connectivity index (χ0v) is 8.11. The second-order valence-corrected chi connectivity index (χ2v) is 4.23. The minimum Gasteiger partial charge on any atom is -0.393 e. The quantitative estimate of drug-likeness (QED) is 0.647. The molecule has 14 heavy (non-hydrogen) atoms. The Morgan fingerprint density at radius 3 is 2.36 bits per heavy atom. The van der Waals surface area contributed by atoms with E-state index < -0.39 is 0 Å². The monoisotopic (exact) mass is 197 g/mol. The van der Waals surface area contributed by atoms with Crippen molar-refractivity contribution in [2.24, 2.45) is 5.92 Å². The van der Waals surface area contributed by atoms with Crippen molar-refractivity contribution in [3.63, 3.8) is 0 Å². The van der Waals surface area contributed by atoms with Crippen molar-refractivity contribution >= 4 is 11.8 Å². The van der Waals surface area contributed by atoms with Gasteiger partial charge in [-0.15, -0.1) is 0 Å². The van der Waals surface area contributed by atoms with Gasteiger partial charge in [0.05, 0.1) is 6.10 Å². The summed E-state index contributed by atoms with van der Waals surface area (Å²) in [5.41, 5.74) is 0. The van der Waals surface area contributed by atoms with Crippen molar-refractivity contribution < 1.29 is 14.7 Å². The molecule has 2 rings (SSSR count). The zero-order valence-electron chi connectivity index (χ0n) is 8.11. The van der Waals surface area contributed by atoms with Crippen molar-refractivity contribution in [1.29, 1.82) is 0 Å². The van der Waals surface area contributed by atoms with Crippen LogP contribution in [-0.2, 0) is 9.59 Å². The molecule has 2 unspecified atom stereocenters. The summed E-state index contributed by atoms with van der Waals surface area (Å²) in [4.78, 5) is 24.0. The summed E-state index contributed by atoms with van der Waals surface area (Å²) in [6, 6.07) is 0. The lowest BCUT2D eigenvalue weighted by molar-refractivity contribution is -0.139. The number of amides is 2. The molecule has 2 aliphatic rings. The van der Waals surface area contributed by atoms with Crippen molar-refractivity contribution in [3.8, 4) is 0 Å². The first-order valence-corrected chi connectivity index (χ1v) is 5.18. The Morgan fingerprint density at radius 2 is 1.86 bits per heavy atom. The van der Waals surface area contributed by atoms with Gasteiger partial charge >= 0.3 is 0 Å². The molecular weight excluding hydrogens is 182 g/mol. The molecule has 0 aromatic heterocycles. The third-order valence-corrected chi connectivity index (χ3v) is 3.11. The van der Waals surface area contributed by atoms with Crippen molar-refractivity contribution in [3.05, 3.63) is 0 Å². The van der Waals surface area contributed by atoms with Gasteiger partial charge in [-0.05, 0) is 25.2 Å². The molecule has 78 valence electrons. The van der Waals surface area contributed by atoms with Gasteiger partial charge in [0.1, 0.15) is 0 Å². The number of aliphatic hydroxyl groups is 1. The highest BCUT2D eigenvalue weighted by atomic mass is 16.3. The third-order valence-electron chi connectivity index (χ3n) is 3.11. The topological polar surface area (TPSA) is 57.6 Å². The molecule has 1 N–H and O–H groups in total. The van der Waals surface area contributed by atoms with Gasteiger partial charge in [-0.1, -0.05) is 0 Å². The second-order valence-electron chi connectivity index (χ2n) is 4.23. The van der Waals surface area contributed by atoms with E-state index >= 15 is 0 Å². The van der Waals surface area contributed by atoms with Crippen LogP contribution in [0.3, 0.4) is 0 Å². The number of nitrogens with zero attached hydrogens (tertiary/aromatic N) is 1. The Labute approximate surface area is 82.9 Å². The van der Waals surface area contributed by atoms with E-state index in [1.807, 2.05) is 0 Å². The molecule has 1 aliphatic carbocycles. The maximum atomic E-state index is 11.3. The molecule has 2 fully saturated rings. The van der Waals surface area contributed by atoms with Crippen molar-refractivity contribution in [1.82, 2.24) is 4.90 Å². The molecule has 1 heterocycles. The van der Waals surface area contributed by atoms with E-state index in [4.69, 9.17) is 0 Å². The standard InChI is InChI=1S/C10H15NO3/c12-8-2-1-7(5-8)6-11-9(13)3-4-10(11)14/h7-8,12H,1-6H2. The van der Waals surface area contributed by atoms with Crippen molar-refractivity contribution in [2.45, 2.75) is 38.2 Å². The number of imide groups is 1. The summed E-state index contributed by atoms with van der Waals surface area (Å²) >= 11 is 0. The van der Waals surface area contributed by atoms with Crippen LogP contribution >= 0.6 is 0 Å². The first-order valence-electron chi connectivity index (χ1n) is 5.18. The van der Waals surface area contributed by atoms with Crippen LogP contribution in [0.25, 0.3) is 0 Å². The lowest BCUT2D eigenvalue weighted by Gasteiger charge is -2.18. The van der Waals surface area contributed by atoms with Gasteiger partial charge < -0.3 is 5.11 Å². The number of rotatable bonds is 2. The largest absolute Gasteiger partial charge is 0.393 e. The zero-order chi connectivity index (χ0) is 10.1. The van der Waals surface area contributed by atoms with Gasteiger partial charge in [-0.2, -0.15) is 0 Å². The molecular formula is C10H15NO3. The van der Waals surface area contributed by atoms with E-state index in [0.717, 1.165) is 19.3 Å². The molecule has 0 aromatic carbocycles. The molecule has 2 amide bonds. The van der Waals surface area contributed by atoms with Crippen LogP contribution in [0.5, 0.6) is 0 Å². The predicted octanol–water partition coefficient (Wildman–Crippen LogP) is 0.296. The summed E-state index contributed by atoms with van der Waals surface area (Å²) in [5.74, 6) is 0.226. The highest BCUT2D eigenvalue weighted by molar-refractivity contribution is 6.01. The number of hydrogen-bond acceptors (Lipinski definition) is 3. The van der Waals surface area contributed by atoms with Gasteiger partial charge in [0.25, 0.3) is 0 Å². The molecule has 2 atom stereocenters. The van der Waals surface area contributed by atoms with Crippen LogP contribution in [0.4, 0.5) is 0 Å². The maximum absolute atomic E-state index is 11.3. The normalized spacial score (nSPS) is 33.1. The Morgan fingerprint density at radius 1 is 1.21 bits per heavy atom. The number of carbonyl (C=O) groups is 2. The predicted molar refractivity (Wildman–Crippen MR) is 49.3 cm³/mol. The molecule has 1 saturated carbocycles. The van der Waals surface area contributed by atoms with Gasteiger partial charge in [-0.3, -0.25) is 14.5 Å². The first-order chi connectivity index (χ1) is 6.66. The number of carbonyl (C=O) groups excluding carboxylic acids is 2. The average molecular weight is 197 g/mol. The Kier molecular flexibility index (Phi) is 2.54. The van der Waals surface area contributed by atoms with E-state index in [0.29, 0.717) is 25.3 Å². The molecule has 0 aromatic rings. The minimum atomic E-state index is -0.229. The average Bonchev–Trinajstić information content (AvgIpc) is 2.67. The van der Waals surface area contributed by atoms with E-state index in [1.54, 1.807) is 0 Å². The SMILES string of the molecule is O=C1CCC(=O)N1CC1CCC(O)C1. The van der Waals surface area contributed by atoms with E-state index in [2.05, 4.69) is 0 Å². The fourth-order valence-corrected chi connectivity index (χ4v) is 2.30. The highest BCUT2D eigenvalue weighted by Gasteiger charge is 2.33. The van der Waals surface area contributed by atoms with Crippen LogP contribution in [0.15, 0.2) is 0 Å². The van der Waals surface area contributed by atoms with Gasteiger partial charge in [0, 0.05) is 19.4 Å². The van der Waals surface area contributed by atoms with Crippen LogP contribution in [0.2, 0.25) is 0 Å². The van der Waals surface area contributed by atoms with E-state index in [9.17, 15) is 14.7 Å². The smallest absolute Gasteiger partial charge is 0.229 e. The fourth-order valence-electron chi connectivity index (χ4n) is 2.30. The Bertz CT molecular complexity index is 248. The van der Waals surface area contributed by atoms with Gasteiger partial charge in [0.15, 0.2) is 0 Å². The lowest BCUT2D eigenvalue weighted by Crippen LogP contribution is -2.33. The highest BCUT2D eigenvalue weighted by Crippen LogP contribution is 2.27. The van der Waals surface area contributed by atoms with Crippen LogP contribution in [-0.4, -0.2) is 34.5 Å². The van der Waals surface area contributed by atoms with Crippen LogP contribution in [0, 0.1) is 5.92 Å².